The van der Waals surface area contributed by atoms with Crippen molar-refractivity contribution < 1.29 is 9.53 Å². The van der Waals surface area contributed by atoms with Crippen LogP contribution in [-0.2, 0) is 9.53 Å². The predicted molar refractivity (Wildman–Crippen MR) is 39.3 cm³/mol. The highest BCUT2D eigenvalue weighted by Gasteiger charge is 1.98. The fraction of sp³-hybridized carbons (Fsp3) is 0.714. The van der Waals surface area contributed by atoms with Gasteiger partial charge in [-0.05, 0) is 26.0 Å². The van der Waals surface area contributed by atoms with Gasteiger partial charge in [-0.25, -0.2) is 0 Å². The largest absolute Gasteiger partial charge is 0.466 e. The van der Waals surface area contributed by atoms with Crippen molar-refractivity contribution in [1.82, 2.24) is 0 Å². The first kappa shape index (κ1) is 9.14. The van der Waals surface area contributed by atoms with Gasteiger partial charge in [-0.1, -0.05) is 0 Å². The molecule has 10 heavy (non-hydrogen) atoms. The zero-order chi connectivity index (χ0) is 7.82. The summed E-state index contributed by atoms with van der Waals surface area (Å²) in [7, 11) is 0. The zero-order valence-electron chi connectivity index (χ0n) is 6.22. The maximum Gasteiger partial charge on any atom is 0.305 e. The molecule has 0 aromatic carbocycles. The van der Waals surface area contributed by atoms with Crippen molar-refractivity contribution >= 4 is 12.2 Å². The van der Waals surface area contributed by atoms with E-state index in [4.69, 9.17) is 5.41 Å². The van der Waals surface area contributed by atoms with Crippen LogP contribution in [0.4, 0.5) is 0 Å². The van der Waals surface area contributed by atoms with Crippen molar-refractivity contribution in [3.63, 3.8) is 0 Å². The van der Waals surface area contributed by atoms with Crippen molar-refractivity contribution in [2.45, 2.75) is 26.2 Å². The summed E-state index contributed by atoms with van der Waals surface area (Å²) in [5, 5.41) is 6.67. The second kappa shape index (κ2) is 6.26. The number of ether oxygens (including phenoxy) is 1. The van der Waals surface area contributed by atoms with E-state index in [1.165, 1.54) is 6.21 Å². The summed E-state index contributed by atoms with van der Waals surface area (Å²) in [6.07, 6.45) is 3.13. The smallest absolute Gasteiger partial charge is 0.305 e. The number of carbonyl (C=O) groups is 1. The van der Waals surface area contributed by atoms with Crippen LogP contribution in [0, 0.1) is 5.41 Å². The number of esters is 1. The van der Waals surface area contributed by atoms with Crippen molar-refractivity contribution in [2.24, 2.45) is 0 Å². The van der Waals surface area contributed by atoms with E-state index >= 15 is 0 Å². The Morgan fingerprint density at radius 2 is 2.40 bits per heavy atom. The second-order valence-electron chi connectivity index (χ2n) is 1.90. The zero-order valence-corrected chi connectivity index (χ0v) is 6.22. The third-order valence-electron chi connectivity index (χ3n) is 1.03. The van der Waals surface area contributed by atoms with Crippen molar-refractivity contribution in [2.75, 3.05) is 6.61 Å². The molecule has 0 heterocycles. The van der Waals surface area contributed by atoms with Gasteiger partial charge in [0.1, 0.15) is 0 Å². The summed E-state index contributed by atoms with van der Waals surface area (Å²) < 4.78 is 4.67. The molecule has 0 aliphatic rings. The topological polar surface area (TPSA) is 50.2 Å². The Kier molecular flexibility index (Phi) is 5.72. The molecule has 0 amide bonds. The molecule has 0 saturated heterocycles. The Balaban J connectivity index is 3.13. The summed E-state index contributed by atoms with van der Waals surface area (Å²) in [6.45, 7) is 2.23. The predicted octanol–water partition coefficient (Wildman–Crippen LogP) is 1.37. The SMILES string of the molecule is CCOC(=O)CCCC=N. The van der Waals surface area contributed by atoms with Crippen LogP contribution in [0.15, 0.2) is 0 Å². The van der Waals surface area contributed by atoms with Gasteiger partial charge in [0.05, 0.1) is 6.61 Å². The van der Waals surface area contributed by atoms with Gasteiger partial charge in [-0.15, -0.1) is 0 Å². The average molecular weight is 143 g/mol. The summed E-state index contributed by atoms with van der Waals surface area (Å²) in [5.74, 6) is -0.163. The summed E-state index contributed by atoms with van der Waals surface area (Å²) >= 11 is 0. The lowest BCUT2D eigenvalue weighted by molar-refractivity contribution is -0.143. The second-order valence-corrected chi connectivity index (χ2v) is 1.90. The van der Waals surface area contributed by atoms with Gasteiger partial charge in [-0.3, -0.25) is 4.79 Å². The minimum Gasteiger partial charge on any atom is -0.466 e. The Morgan fingerprint density at radius 3 is 2.90 bits per heavy atom. The van der Waals surface area contributed by atoms with E-state index in [1.54, 1.807) is 6.92 Å². The fourth-order valence-electron chi connectivity index (χ4n) is 0.582. The summed E-state index contributed by atoms with van der Waals surface area (Å²) in [4.78, 5) is 10.6. The van der Waals surface area contributed by atoms with Crippen LogP contribution in [0.25, 0.3) is 0 Å². The number of hydrogen-bond acceptors (Lipinski definition) is 3. The number of carbonyl (C=O) groups excluding carboxylic acids is 1. The average Bonchev–Trinajstić information content (AvgIpc) is 1.89. The van der Waals surface area contributed by atoms with Crippen molar-refractivity contribution in [1.29, 1.82) is 5.41 Å². The molecule has 0 fully saturated rings. The van der Waals surface area contributed by atoms with Gasteiger partial charge < -0.3 is 10.1 Å². The van der Waals surface area contributed by atoms with E-state index in [-0.39, 0.29) is 5.97 Å². The van der Waals surface area contributed by atoms with Gasteiger partial charge >= 0.3 is 5.97 Å². The Bertz CT molecular complexity index is 112. The third-order valence-corrected chi connectivity index (χ3v) is 1.03. The quantitative estimate of drug-likeness (QED) is 0.359. The van der Waals surface area contributed by atoms with E-state index in [2.05, 4.69) is 4.74 Å². The lowest BCUT2D eigenvalue weighted by Crippen LogP contribution is -2.03. The van der Waals surface area contributed by atoms with E-state index < -0.39 is 0 Å². The maximum atomic E-state index is 10.6. The fourth-order valence-corrected chi connectivity index (χ4v) is 0.582. The molecular formula is C7H13NO2. The van der Waals surface area contributed by atoms with E-state index in [0.29, 0.717) is 19.4 Å². The number of rotatable bonds is 5. The van der Waals surface area contributed by atoms with Crippen LogP contribution in [0.2, 0.25) is 0 Å². The van der Waals surface area contributed by atoms with Crippen molar-refractivity contribution in [3.05, 3.63) is 0 Å². The van der Waals surface area contributed by atoms with Crippen LogP contribution >= 0.6 is 0 Å². The van der Waals surface area contributed by atoms with Gasteiger partial charge in [0.25, 0.3) is 0 Å². The lowest BCUT2D eigenvalue weighted by atomic mass is 10.2. The molecule has 0 radical (unpaired) electrons. The highest BCUT2D eigenvalue weighted by Crippen LogP contribution is 1.94. The molecule has 0 aliphatic carbocycles. The first-order chi connectivity index (χ1) is 4.81. The molecule has 58 valence electrons. The van der Waals surface area contributed by atoms with E-state index in [9.17, 15) is 4.79 Å². The molecule has 3 heteroatoms. The molecule has 0 unspecified atom stereocenters. The van der Waals surface area contributed by atoms with Gasteiger partial charge in [0, 0.05) is 6.42 Å². The van der Waals surface area contributed by atoms with Gasteiger partial charge in [-0.2, -0.15) is 0 Å². The molecule has 0 rings (SSSR count). The maximum absolute atomic E-state index is 10.6. The molecule has 0 bridgehead atoms. The molecule has 0 aliphatic heterocycles. The number of hydrogen-bond donors (Lipinski definition) is 1. The van der Waals surface area contributed by atoms with Crippen LogP contribution in [-0.4, -0.2) is 18.8 Å². The third kappa shape index (κ3) is 5.28. The monoisotopic (exact) mass is 143 g/mol. The Labute approximate surface area is 60.9 Å². The molecule has 3 nitrogen and oxygen atoms in total. The normalized spacial score (nSPS) is 8.90. The van der Waals surface area contributed by atoms with E-state index in [0.717, 1.165) is 6.42 Å². The van der Waals surface area contributed by atoms with Crippen LogP contribution in [0.1, 0.15) is 26.2 Å². The molecule has 1 N–H and O–H groups in total. The van der Waals surface area contributed by atoms with Gasteiger partial charge in [0.15, 0.2) is 0 Å². The van der Waals surface area contributed by atoms with Crippen LogP contribution < -0.4 is 0 Å². The minimum absolute atomic E-state index is 0.163. The molecule has 0 atom stereocenters. The molecule has 0 spiro atoms. The highest BCUT2D eigenvalue weighted by molar-refractivity contribution is 5.69. The lowest BCUT2D eigenvalue weighted by Gasteiger charge is -1.98. The standard InChI is InChI=1S/C7H13NO2/c1-2-10-7(9)5-3-4-6-8/h6,8H,2-5H2,1H3. The minimum atomic E-state index is -0.163. The van der Waals surface area contributed by atoms with Crippen LogP contribution in [0.3, 0.4) is 0 Å². The number of unbranched alkanes of at least 4 members (excludes halogenated alkanes) is 1. The molecular weight excluding hydrogens is 130 g/mol. The van der Waals surface area contributed by atoms with Gasteiger partial charge in [0.2, 0.25) is 0 Å². The molecule has 0 aromatic rings. The molecule has 0 saturated carbocycles. The Morgan fingerprint density at radius 1 is 1.70 bits per heavy atom. The van der Waals surface area contributed by atoms with Crippen molar-refractivity contribution in [3.8, 4) is 0 Å². The van der Waals surface area contributed by atoms with Crippen LogP contribution in [0.5, 0.6) is 0 Å². The van der Waals surface area contributed by atoms with E-state index in [1.807, 2.05) is 0 Å². The summed E-state index contributed by atoms with van der Waals surface area (Å²) in [5.41, 5.74) is 0. The summed E-state index contributed by atoms with van der Waals surface area (Å²) in [6, 6.07) is 0. The number of nitrogens with one attached hydrogen (secondary N) is 1. The highest BCUT2D eigenvalue weighted by atomic mass is 16.5. The first-order valence-electron chi connectivity index (χ1n) is 3.45. The first-order valence-corrected chi connectivity index (χ1v) is 3.45. The Hall–Kier alpha value is -0.860. The molecule has 0 aromatic heterocycles.